The number of likely N-dealkylation sites (N-methyl/N-ethyl adjacent to an activating group) is 1. The molecular formula is C29H32N4O4. The molecule has 0 atom stereocenters. The summed E-state index contributed by atoms with van der Waals surface area (Å²) in [6.45, 7) is 7.21. The Bertz CT molecular complexity index is 1320. The van der Waals surface area contributed by atoms with Crippen LogP contribution < -0.4 is 15.1 Å². The molecule has 1 saturated heterocycles. The Kier molecular flexibility index (Phi) is 7.23. The van der Waals surface area contributed by atoms with Crippen molar-refractivity contribution in [3.63, 3.8) is 0 Å². The molecule has 0 aromatic heterocycles. The van der Waals surface area contributed by atoms with Gasteiger partial charge in [-0.1, -0.05) is 18.2 Å². The van der Waals surface area contributed by atoms with Crippen LogP contribution in [0.2, 0.25) is 0 Å². The summed E-state index contributed by atoms with van der Waals surface area (Å²) in [4.78, 5) is 30.7. The summed E-state index contributed by atoms with van der Waals surface area (Å²) < 4.78 is 5.51. The number of carbonyl (C=O) groups is 2. The van der Waals surface area contributed by atoms with Crippen LogP contribution in [0.1, 0.15) is 37.4 Å². The lowest BCUT2D eigenvalue weighted by molar-refractivity contribution is 0.0854. The Hall–Kier alpha value is -3.72. The minimum absolute atomic E-state index is 0.267. The van der Waals surface area contributed by atoms with Crippen LogP contribution in [0.15, 0.2) is 60.7 Å². The van der Waals surface area contributed by atoms with Gasteiger partial charge in [-0.05, 0) is 73.1 Å². The normalized spacial score (nSPS) is 15.6. The van der Waals surface area contributed by atoms with Gasteiger partial charge in [0.1, 0.15) is 5.75 Å². The van der Waals surface area contributed by atoms with Gasteiger partial charge in [-0.3, -0.25) is 19.7 Å². The van der Waals surface area contributed by atoms with Crippen molar-refractivity contribution in [3.05, 3.63) is 88.5 Å². The number of aryl methyl sites for hydroxylation is 1. The molecule has 2 N–H and O–H groups in total. The van der Waals surface area contributed by atoms with Gasteiger partial charge in [-0.25, -0.2) is 0 Å². The van der Waals surface area contributed by atoms with E-state index in [2.05, 4.69) is 22.2 Å². The van der Waals surface area contributed by atoms with E-state index in [1.165, 1.54) is 0 Å². The lowest BCUT2D eigenvalue weighted by atomic mass is 10.1. The van der Waals surface area contributed by atoms with Gasteiger partial charge in [0.25, 0.3) is 11.8 Å². The summed E-state index contributed by atoms with van der Waals surface area (Å²) in [7, 11) is 2.12. The maximum absolute atomic E-state index is 13.2. The highest BCUT2D eigenvalue weighted by molar-refractivity contribution is 6.07. The highest BCUT2D eigenvalue weighted by Crippen LogP contribution is 2.28. The highest BCUT2D eigenvalue weighted by Gasteiger charge is 2.21. The summed E-state index contributed by atoms with van der Waals surface area (Å²) in [6, 6.07) is 17.9. The molecule has 192 valence electrons. The van der Waals surface area contributed by atoms with E-state index < -0.39 is 5.91 Å². The third kappa shape index (κ3) is 5.67. The third-order valence-corrected chi connectivity index (χ3v) is 7.02. The molecule has 2 aliphatic rings. The monoisotopic (exact) mass is 500 g/mol. The van der Waals surface area contributed by atoms with Gasteiger partial charge in [0, 0.05) is 56.0 Å². The lowest BCUT2D eigenvalue weighted by Crippen LogP contribution is -2.43. The molecule has 2 heterocycles. The predicted molar refractivity (Wildman–Crippen MR) is 143 cm³/mol. The van der Waals surface area contributed by atoms with Gasteiger partial charge < -0.3 is 15.0 Å². The Morgan fingerprint density at radius 2 is 1.81 bits per heavy atom. The van der Waals surface area contributed by atoms with Crippen molar-refractivity contribution in [2.24, 2.45) is 0 Å². The zero-order chi connectivity index (χ0) is 25.9. The molecule has 8 nitrogen and oxygen atoms in total. The summed E-state index contributed by atoms with van der Waals surface area (Å²) in [6.07, 6.45) is 0.781. The van der Waals surface area contributed by atoms with Crippen molar-refractivity contribution in [1.82, 2.24) is 9.80 Å². The maximum Gasteiger partial charge on any atom is 0.282 e. The number of rotatable bonds is 6. The second-order valence-corrected chi connectivity index (χ2v) is 9.77. The van der Waals surface area contributed by atoms with Crippen molar-refractivity contribution >= 4 is 23.2 Å². The number of ether oxygens (including phenoxy) is 1. The first-order chi connectivity index (χ1) is 17.9. The van der Waals surface area contributed by atoms with Gasteiger partial charge in [0.15, 0.2) is 0 Å². The van der Waals surface area contributed by atoms with Crippen molar-refractivity contribution in [1.29, 1.82) is 0 Å². The Morgan fingerprint density at radius 1 is 1.00 bits per heavy atom. The first-order valence-electron chi connectivity index (χ1n) is 12.6. The van der Waals surface area contributed by atoms with E-state index in [0.29, 0.717) is 39.7 Å². The maximum atomic E-state index is 13.2. The minimum atomic E-state index is -0.523. The molecule has 2 aliphatic heterocycles. The number of piperazine rings is 1. The standard InChI is InChI=1S/C29H32N4O4/c1-20-6-8-25(30-28(34)23-7-9-27-22(17-23)10-15-37-27)18-26(20)33(36)29(35)24-5-3-4-21(16-24)19-32-13-11-31(2)12-14-32/h3-9,16-18,36H,10-15,19H2,1-2H3,(H,30,34). The van der Waals surface area contributed by atoms with E-state index in [0.717, 1.165) is 56.0 Å². The zero-order valence-electron chi connectivity index (χ0n) is 21.2. The number of hydrogen-bond acceptors (Lipinski definition) is 6. The summed E-state index contributed by atoms with van der Waals surface area (Å²) in [5.74, 6) is 0.0264. The Morgan fingerprint density at radius 3 is 2.62 bits per heavy atom. The number of anilines is 2. The third-order valence-electron chi connectivity index (χ3n) is 7.02. The topological polar surface area (TPSA) is 85.3 Å². The molecule has 3 aromatic rings. The van der Waals surface area contributed by atoms with E-state index in [9.17, 15) is 14.8 Å². The number of nitrogens with one attached hydrogen (secondary N) is 1. The second-order valence-electron chi connectivity index (χ2n) is 9.77. The average molecular weight is 501 g/mol. The smallest absolute Gasteiger partial charge is 0.282 e. The van der Waals surface area contributed by atoms with Crippen LogP contribution in [0, 0.1) is 6.92 Å². The SMILES string of the molecule is Cc1ccc(NC(=O)c2ccc3c(c2)CCO3)cc1N(O)C(=O)c1cccc(CN2CCN(C)CC2)c1. The largest absolute Gasteiger partial charge is 0.493 e. The fourth-order valence-electron chi connectivity index (χ4n) is 4.74. The first kappa shape index (κ1) is 25.0. The van der Waals surface area contributed by atoms with E-state index in [1.807, 2.05) is 37.3 Å². The molecule has 0 spiro atoms. The van der Waals surface area contributed by atoms with E-state index in [4.69, 9.17) is 4.74 Å². The fraction of sp³-hybridized carbons (Fsp3) is 0.310. The van der Waals surface area contributed by atoms with Gasteiger partial charge in [0.05, 0.1) is 12.3 Å². The number of fused-ring (bicyclic) bond motifs is 1. The van der Waals surface area contributed by atoms with Crippen LogP contribution in [-0.2, 0) is 13.0 Å². The predicted octanol–water partition coefficient (Wildman–Crippen LogP) is 3.97. The molecule has 2 amide bonds. The minimum Gasteiger partial charge on any atom is -0.493 e. The molecule has 0 radical (unpaired) electrons. The molecule has 5 rings (SSSR count). The fourth-order valence-corrected chi connectivity index (χ4v) is 4.74. The summed E-state index contributed by atoms with van der Waals surface area (Å²) in [5.41, 5.74) is 4.48. The summed E-state index contributed by atoms with van der Waals surface area (Å²) >= 11 is 0. The van der Waals surface area contributed by atoms with Crippen LogP contribution >= 0.6 is 0 Å². The van der Waals surface area contributed by atoms with Crippen LogP contribution in [0.3, 0.4) is 0 Å². The number of hydrogen-bond donors (Lipinski definition) is 2. The van der Waals surface area contributed by atoms with Gasteiger partial charge in [-0.15, -0.1) is 0 Å². The molecule has 1 fully saturated rings. The molecule has 8 heteroatoms. The van der Waals surface area contributed by atoms with Crippen LogP contribution in [-0.4, -0.2) is 66.7 Å². The number of amides is 2. The molecule has 37 heavy (non-hydrogen) atoms. The molecule has 3 aromatic carbocycles. The van der Waals surface area contributed by atoms with Gasteiger partial charge >= 0.3 is 0 Å². The van der Waals surface area contributed by atoms with Crippen molar-refractivity contribution < 1.29 is 19.5 Å². The number of hydroxylamine groups is 1. The molecular weight excluding hydrogens is 468 g/mol. The van der Waals surface area contributed by atoms with Crippen LogP contribution in [0.5, 0.6) is 5.75 Å². The van der Waals surface area contributed by atoms with Gasteiger partial charge in [-0.2, -0.15) is 5.06 Å². The van der Waals surface area contributed by atoms with Crippen molar-refractivity contribution in [2.45, 2.75) is 19.9 Å². The number of carbonyl (C=O) groups excluding carboxylic acids is 2. The van der Waals surface area contributed by atoms with E-state index >= 15 is 0 Å². The number of benzene rings is 3. The quantitative estimate of drug-likeness (QED) is 0.394. The highest BCUT2D eigenvalue weighted by atomic mass is 16.5. The Balaban J connectivity index is 1.29. The van der Waals surface area contributed by atoms with Crippen molar-refractivity contribution in [3.8, 4) is 5.75 Å². The molecule has 0 aliphatic carbocycles. The van der Waals surface area contributed by atoms with Crippen LogP contribution in [0.4, 0.5) is 11.4 Å². The van der Waals surface area contributed by atoms with Gasteiger partial charge in [0.2, 0.25) is 0 Å². The van der Waals surface area contributed by atoms with Crippen molar-refractivity contribution in [2.75, 3.05) is 50.2 Å². The second kappa shape index (κ2) is 10.7. The lowest BCUT2D eigenvalue weighted by Gasteiger charge is -2.32. The first-order valence-corrected chi connectivity index (χ1v) is 12.6. The van der Waals surface area contributed by atoms with E-state index in [-0.39, 0.29) is 5.91 Å². The average Bonchev–Trinajstić information content (AvgIpc) is 3.38. The summed E-state index contributed by atoms with van der Waals surface area (Å²) in [5, 5.41) is 14.4. The molecule has 0 saturated carbocycles. The zero-order valence-corrected chi connectivity index (χ0v) is 21.2. The van der Waals surface area contributed by atoms with E-state index in [1.54, 1.807) is 30.3 Å². The number of nitrogens with zero attached hydrogens (tertiary/aromatic N) is 3. The molecule has 0 bridgehead atoms. The van der Waals surface area contributed by atoms with Crippen LogP contribution in [0.25, 0.3) is 0 Å². The molecule has 0 unspecified atom stereocenters. The Labute approximate surface area is 217 Å².